The molecule has 0 aromatic rings. The molecule has 1 aliphatic carbocycles. The highest BCUT2D eigenvalue weighted by molar-refractivity contribution is 14.1. The van der Waals surface area contributed by atoms with Crippen LogP contribution in [0.1, 0.15) is 0 Å². The zero-order valence-electron chi connectivity index (χ0n) is 6.36. The summed E-state index contributed by atoms with van der Waals surface area (Å²) in [5.41, 5.74) is 0.466. The lowest BCUT2D eigenvalue weighted by atomic mass is 9.98. The molecule has 0 saturated heterocycles. The third kappa shape index (κ3) is 1.55. The van der Waals surface area contributed by atoms with E-state index in [0.29, 0.717) is 5.71 Å². The Morgan fingerprint density at radius 3 is 3.00 bits per heavy atom. The molecule has 0 N–H and O–H groups in total. The van der Waals surface area contributed by atoms with Crippen LogP contribution in [0.3, 0.4) is 0 Å². The summed E-state index contributed by atoms with van der Waals surface area (Å²) in [6.45, 7) is 0. The van der Waals surface area contributed by atoms with Gasteiger partial charge in [0.25, 0.3) is 0 Å². The molecular weight excluding hydrogens is 285 g/mol. The van der Waals surface area contributed by atoms with Crippen LogP contribution in [0, 0.1) is 5.92 Å². The van der Waals surface area contributed by atoms with E-state index in [1.54, 1.807) is 18.2 Å². The Bertz CT molecular complexity index is 381. The van der Waals surface area contributed by atoms with Gasteiger partial charge in [-0.25, -0.2) is 4.79 Å². The summed E-state index contributed by atoms with van der Waals surface area (Å²) >= 11 is 2.09. The molecule has 0 spiro atoms. The van der Waals surface area contributed by atoms with Crippen molar-refractivity contribution in [1.82, 2.24) is 0 Å². The predicted molar refractivity (Wildman–Crippen MR) is 53.7 cm³/mol. The zero-order chi connectivity index (χ0) is 9.42. The number of cyclic esters (lactones) is 2. The SMILES string of the molecule is O=C1N=C2C=C(I)C=CC2C(=O)O1. The van der Waals surface area contributed by atoms with Crippen molar-refractivity contribution in [3.8, 4) is 0 Å². The summed E-state index contributed by atoms with van der Waals surface area (Å²) < 4.78 is 5.28. The van der Waals surface area contributed by atoms with Gasteiger partial charge in [-0.1, -0.05) is 12.2 Å². The van der Waals surface area contributed by atoms with E-state index in [4.69, 9.17) is 0 Å². The largest absolute Gasteiger partial charge is 0.441 e. The maximum absolute atomic E-state index is 11.1. The van der Waals surface area contributed by atoms with E-state index in [1.807, 2.05) is 0 Å². The van der Waals surface area contributed by atoms with Crippen LogP contribution in [-0.2, 0) is 9.53 Å². The van der Waals surface area contributed by atoms with Crippen molar-refractivity contribution < 1.29 is 14.3 Å². The van der Waals surface area contributed by atoms with Crippen LogP contribution in [0.15, 0.2) is 26.8 Å². The Kier molecular flexibility index (Phi) is 2.03. The molecule has 0 aromatic carbocycles. The normalized spacial score (nSPS) is 26.1. The monoisotopic (exact) mass is 289 g/mol. The lowest BCUT2D eigenvalue weighted by Gasteiger charge is -2.17. The molecule has 1 aliphatic heterocycles. The Morgan fingerprint density at radius 2 is 2.23 bits per heavy atom. The fourth-order valence-corrected chi connectivity index (χ4v) is 1.67. The van der Waals surface area contributed by atoms with Crippen LogP contribution in [0.2, 0.25) is 0 Å². The summed E-state index contributed by atoms with van der Waals surface area (Å²) in [4.78, 5) is 25.5. The van der Waals surface area contributed by atoms with E-state index in [-0.39, 0.29) is 0 Å². The Hall–Kier alpha value is -0.980. The third-order valence-corrected chi connectivity index (χ3v) is 2.39. The highest BCUT2D eigenvalue weighted by Gasteiger charge is 2.31. The van der Waals surface area contributed by atoms with Gasteiger partial charge < -0.3 is 4.74 Å². The standard InChI is InChI=1S/C8H4INO3/c9-4-1-2-5-6(3-4)10-8(12)13-7(5)11/h1-3,5H. The first kappa shape index (κ1) is 8.61. The number of hydrogen-bond acceptors (Lipinski definition) is 3. The number of nitrogens with zero attached hydrogens (tertiary/aromatic N) is 1. The molecule has 0 fully saturated rings. The number of carbonyl (C=O) groups excluding carboxylic acids is 2. The molecule has 5 heteroatoms. The summed E-state index contributed by atoms with van der Waals surface area (Å²) in [6.07, 6.45) is 4.34. The maximum Gasteiger partial charge on any atom is 0.441 e. The van der Waals surface area contributed by atoms with E-state index >= 15 is 0 Å². The highest BCUT2D eigenvalue weighted by atomic mass is 127. The Morgan fingerprint density at radius 1 is 1.46 bits per heavy atom. The summed E-state index contributed by atoms with van der Waals surface area (Å²) in [5, 5.41) is 0. The molecule has 1 atom stereocenters. The van der Waals surface area contributed by atoms with Crippen molar-refractivity contribution in [1.29, 1.82) is 0 Å². The fraction of sp³-hybridized carbons (Fsp3) is 0.125. The molecule has 1 unspecified atom stereocenters. The first-order valence-corrected chi connectivity index (χ1v) is 4.64. The van der Waals surface area contributed by atoms with E-state index < -0.39 is 18.0 Å². The topological polar surface area (TPSA) is 55.7 Å². The van der Waals surface area contributed by atoms with Crippen LogP contribution in [0.25, 0.3) is 0 Å². The molecule has 1 heterocycles. The van der Waals surface area contributed by atoms with Gasteiger partial charge in [0.1, 0.15) is 5.92 Å². The molecule has 0 bridgehead atoms. The van der Waals surface area contributed by atoms with Crippen LogP contribution < -0.4 is 0 Å². The van der Waals surface area contributed by atoms with Crippen molar-refractivity contribution in [2.45, 2.75) is 0 Å². The molecule has 2 aliphatic rings. The minimum Gasteiger partial charge on any atom is -0.374 e. The lowest BCUT2D eigenvalue weighted by molar-refractivity contribution is -0.138. The Labute approximate surface area is 87.5 Å². The molecular formula is C8H4INO3. The van der Waals surface area contributed by atoms with Gasteiger partial charge >= 0.3 is 12.1 Å². The van der Waals surface area contributed by atoms with Gasteiger partial charge in [0.2, 0.25) is 0 Å². The summed E-state index contributed by atoms with van der Waals surface area (Å²) in [6, 6.07) is 0. The van der Waals surface area contributed by atoms with Gasteiger partial charge in [0.15, 0.2) is 0 Å². The van der Waals surface area contributed by atoms with E-state index in [1.165, 1.54) is 0 Å². The van der Waals surface area contributed by atoms with E-state index in [2.05, 4.69) is 32.3 Å². The van der Waals surface area contributed by atoms with Gasteiger partial charge in [0.05, 0.1) is 5.71 Å². The second kappa shape index (κ2) is 3.06. The van der Waals surface area contributed by atoms with E-state index in [0.717, 1.165) is 3.58 Å². The average Bonchev–Trinajstić information content (AvgIpc) is 2.02. The second-order valence-electron chi connectivity index (χ2n) is 2.59. The number of fused-ring (bicyclic) bond motifs is 1. The van der Waals surface area contributed by atoms with Gasteiger partial charge in [0, 0.05) is 3.58 Å². The van der Waals surface area contributed by atoms with Crippen LogP contribution in [0.5, 0.6) is 0 Å². The zero-order valence-corrected chi connectivity index (χ0v) is 8.52. The van der Waals surface area contributed by atoms with Crippen molar-refractivity contribution in [2.75, 3.05) is 0 Å². The second-order valence-corrected chi connectivity index (χ2v) is 3.84. The molecule has 1 amide bonds. The van der Waals surface area contributed by atoms with Gasteiger partial charge in [-0.2, -0.15) is 4.99 Å². The molecule has 2 rings (SSSR count). The quantitative estimate of drug-likeness (QED) is 0.387. The number of halogens is 1. The number of amides is 1. The highest BCUT2D eigenvalue weighted by Crippen LogP contribution is 2.22. The van der Waals surface area contributed by atoms with Crippen molar-refractivity contribution in [3.05, 3.63) is 21.8 Å². The minimum absolute atomic E-state index is 0.466. The fourth-order valence-electron chi connectivity index (χ4n) is 1.14. The first-order chi connectivity index (χ1) is 6.16. The molecule has 0 radical (unpaired) electrons. The predicted octanol–water partition coefficient (Wildman–Crippen LogP) is 1.61. The number of ether oxygens (including phenoxy) is 1. The van der Waals surface area contributed by atoms with Gasteiger partial charge in [-0.3, -0.25) is 4.79 Å². The van der Waals surface area contributed by atoms with Crippen molar-refractivity contribution >= 4 is 40.4 Å². The first-order valence-electron chi connectivity index (χ1n) is 3.56. The lowest BCUT2D eigenvalue weighted by Crippen LogP contribution is -2.31. The number of allylic oxidation sites excluding steroid dienone is 3. The molecule has 0 saturated carbocycles. The smallest absolute Gasteiger partial charge is 0.374 e. The van der Waals surface area contributed by atoms with Crippen LogP contribution >= 0.6 is 22.6 Å². The number of carbonyl (C=O) groups is 2. The maximum atomic E-state index is 11.1. The number of hydrogen-bond donors (Lipinski definition) is 0. The van der Waals surface area contributed by atoms with Crippen molar-refractivity contribution in [3.63, 3.8) is 0 Å². The summed E-state index contributed by atoms with van der Waals surface area (Å²) in [5.74, 6) is -1.05. The molecule has 66 valence electrons. The summed E-state index contributed by atoms with van der Waals surface area (Å²) in [7, 11) is 0. The average molecular weight is 289 g/mol. The van der Waals surface area contributed by atoms with Gasteiger partial charge in [-0.15, -0.1) is 0 Å². The number of rotatable bonds is 0. The molecule has 0 aromatic heterocycles. The van der Waals surface area contributed by atoms with Crippen molar-refractivity contribution in [2.24, 2.45) is 10.9 Å². The molecule has 4 nitrogen and oxygen atoms in total. The van der Waals surface area contributed by atoms with Gasteiger partial charge in [-0.05, 0) is 28.7 Å². The number of esters is 1. The van der Waals surface area contributed by atoms with E-state index in [9.17, 15) is 9.59 Å². The third-order valence-electron chi connectivity index (χ3n) is 1.71. The Balaban J connectivity index is 2.44. The number of aliphatic imine (C=N–C) groups is 1. The van der Waals surface area contributed by atoms with Crippen LogP contribution in [-0.4, -0.2) is 17.8 Å². The van der Waals surface area contributed by atoms with Crippen LogP contribution in [0.4, 0.5) is 4.79 Å². The molecule has 13 heavy (non-hydrogen) atoms. The minimum atomic E-state index is -0.827.